The van der Waals surface area contributed by atoms with Crippen molar-refractivity contribution in [3.8, 4) is 0 Å². The number of imide groups is 1. The van der Waals surface area contributed by atoms with Crippen molar-refractivity contribution in [3.05, 3.63) is 32.9 Å². The molecular weight excluding hydrogens is 301 g/mol. The van der Waals surface area contributed by atoms with Crippen LogP contribution in [0.15, 0.2) is 15.8 Å². The lowest BCUT2D eigenvalue weighted by atomic mass is 10.2. The molecule has 9 nitrogen and oxygen atoms in total. The number of carbonyl (C=O) groups is 3. The van der Waals surface area contributed by atoms with Crippen molar-refractivity contribution in [1.29, 1.82) is 0 Å². The third-order valence-electron chi connectivity index (χ3n) is 3.06. The van der Waals surface area contributed by atoms with Crippen LogP contribution in [0.3, 0.4) is 0 Å². The van der Waals surface area contributed by atoms with Crippen LogP contribution < -0.4 is 11.2 Å². The summed E-state index contributed by atoms with van der Waals surface area (Å²) in [7, 11) is 0. The summed E-state index contributed by atoms with van der Waals surface area (Å²) < 4.78 is 14.0. The number of hydrogen-bond acceptors (Lipinski definition) is 6. The number of nitrogens with one attached hydrogen (secondary N) is 1. The van der Waals surface area contributed by atoms with Crippen LogP contribution in [0.5, 0.6) is 0 Å². The second-order valence-corrected chi connectivity index (χ2v) is 4.74. The molecular formula is C12H12FN3O6. The minimum atomic E-state index is -1.18. The smallest absolute Gasteiger partial charge is 0.330 e. The molecule has 0 spiro atoms. The van der Waals surface area contributed by atoms with Gasteiger partial charge in [-0.2, -0.15) is 4.39 Å². The molecule has 0 aromatic carbocycles. The molecule has 1 aromatic rings. The SMILES string of the molecule is CC(CC(=O)ON1C(=O)CCC1=O)n1cc(F)c(=O)[nH]c1=O. The van der Waals surface area contributed by atoms with Crippen molar-refractivity contribution in [2.75, 3.05) is 0 Å². The van der Waals surface area contributed by atoms with Crippen LogP contribution in [0.1, 0.15) is 32.2 Å². The molecule has 1 unspecified atom stereocenters. The van der Waals surface area contributed by atoms with E-state index >= 15 is 0 Å². The van der Waals surface area contributed by atoms with E-state index in [1.807, 2.05) is 0 Å². The number of H-pyrrole nitrogens is 1. The Kier molecular flexibility index (Phi) is 4.20. The molecule has 0 aliphatic carbocycles. The molecule has 1 aromatic heterocycles. The average molecular weight is 313 g/mol. The van der Waals surface area contributed by atoms with Gasteiger partial charge in [0.15, 0.2) is 0 Å². The molecule has 2 amide bonds. The van der Waals surface area contributed by atoms with Crippen LogP contribution in [0.2, 0.25) is 0 Å². The van der Waals surface area contributed by atoms with E-state index in [1.165, 1.54) is 6.92 Å². The van der Waals surface area contributed by atoms with Crippen molar-refractivity contribution >= 4 is 17.8 Å². The first kappa shape index (κ1) is 15.6. The van der Waals surface area contributed by atoms with Crippen molar-refractivity contribution in [1.82, 2.24) is 14.6 Å². The van der Waals surface area contributed by atoms with E-state index < -0.39 is 47.3 Å². The summed E-state index contributed by atoms with van der Waals surface area (Å²) in [4.78, 5) is 63.1. The number of nitrogens with zero attached hydrogens (tertiary/aromatic N) is 2. The van der Waals surface area contributed by atoms with Crippen LogP contribution in [0.25, 0.3) is 0 Å². The van der Waals surface area contributed by atoms with E-state index in [9.17, 15) is 28.4 Å². The van der Waals surface area contributed by atoms with Gasteiger partial charge in [0.25, 0.3) is 17.4 Å². The predicted molar refractivity (Wildman–Crippen MR) is 67.8 cm³/mol. The van der Waals surface area contributed by atoms with Gasteiger partial charge in [-0.05, 0) is 6.92 Å². The number of carbonyl (C=O) groups excluding carboxylic acids is 3. The van der Waals surface area contributed by atoms with Crippen LogP contribution in [0, 0.1) is 5.82 Å². The highest BCUT2D eigenvalue weighted by molar-refractivity contribution is 6.01. The van der Waals surface area contributed by atoms with E-state index in [-0.39, 0.29) is 12.8 Å². The largest absolute Gasteiger partial charge is 0.335 e. The van der Waals surface area contributed by atoms with Crippen molar-refractivity contribution in [2.45, 2.75) is 32.2 Å². The highest BCUT2D eigenvalue weighted by Crippen LogP contribution is 2.15. The highest BCUT2D eigenvalue weighted by atomic mass is 19.1. The maximum absolute atomic E-state index is 13.2. The first-order valence-electron chi connectivity index (χ1n) is 6.37. The number of hydroxylamine groups is 2. The summed E-state index contributed by atoms with van der Waals surface area (Å²) in [5, 5.41) is 0.380. The lowest BCUT2D eigenvalue weighted by molar-refractivity contribution is -0.198. The summed E-state index contributed by atoms with van der Waals surface area (Å²) >= 11 is 0. The number of amides is 2. The zero-order valence-corrected chi connectivity index (χ0v) is 11.5. The lowest BCUT2D eigenvalue weighted by Crippen LogP contribution is -2.35. The topological polar surface area (TPSA) is 119 Å². The Labute approximate surface area is 122 Å². The van der Waals surface area contributed by atoms with E-state index in [0.717, 1.165) is 4.57 Å². The molecule has 10 heteroatoms. The summed E-state index contributed by atoms with van der Waals surface area (Å²) in [5.41, 5.74) is -2.05. The van der Waals surface area contributed by atoms with Gasteiger partial charge in [-0.3, -0.25) is 23.9 Å². The molecule has 0 saturated carbocycles. The lowest BCUT2D eigenvalue weighted by Gasteiger charge is -2.16. The van der Waals surface area contributed by atoms with Gasteiger partial charge in [-0.15, -0.1) is 5.06 Å². The highest BCUT2D eigenvalue weighted by Gasteiger charge is 2.33. The third-order valence-corrected chi connectivity index (χ3v) is 3.06. The Morgan fingerprint density at radius 1 is 1.32 bits per heavy atom. The summed E-state index contributed by atoms with van der Waals surface area (Å²) in [6.07, 6.45) is 0.201. The van der Waals surface area contributed by atoms with Crippen LogP contribution in [-0.4, -0.2) is 32.4 Å². The molecule has 0 radical (unpaired) electrons. The Hall–Kier alpha value is -2.78. The molecule has 1 aliphatic rings. The van der Waals surface area contributed by atoms with E-state index in [2.05, 4.69) is 4.84 Å². The number of rotatable bonds is 4. The molecule has 0 bridgehead atoms. The molecule has 2 rings (SSSR count). The summed E-state index contributed by atoms with van der Waals surface area (Å²) in [6.45, 7) is 1.41. The second-order valence-electron chi connectivity index (χ2n) is 4.74. The molecule has 2 heterocycles. The standard InChI is InChI=1S/C12H12FN3O6/c1-6(15-5-7(13)11(20)14-12(15)21)4-10(19)22-16-8(17)2-3-9(16)18/h5-6H,2-4H2,1H3,(H,14,20,21). The molecule has 118 valence electrons. The minimum Gasteiger partial charge on any atom is -0.330 e. The normalized spacial score (nSPS) is 16.0. The zero-order valence-electron chi connectivity index (χ0n) is 11.5. The fraction of sp³-hybridized carbons (Fsp3) is 0.417. The maximum atomic E-state index is 13.2. The second kappa shape index (κ2) is 5.92. The first-order valence-corrected chi connectivity index (χ1v) is 6.37. The van der Waals surface area contributed by atoms with Gasteiger partial charge in [0.05, 0.1) is 12.6 Å². The monoisotopic (exact) mass is 313 g/mol. The Morgan fingerprint density at radius 2 is 1.91 bits per heavy atom. The third kappa shape index (κ3) is 3.10. The van der Waals surface area contributed by atoms with Gasteiger partial charge in [0.1, 0.15) is 0 Å². The van der Waals surface area contributed by atoms with Gasteiger partial charge in [-0.25, -0.2) is 9.59 Å². The minimum absolute atomic E-state index is 0.0355. The summed E-state index contributed by atoms with van der Waals surface area (Å²) in [5.74, 6) is -3.36. The van der Waals surface area contributed by atoms with Crippen molar-refractivity contribution in [2.24, 2.45) is 0 Å². The summed E-state index contributed by atoms with van der Waals surface area (Å²) in [6, 6.07) is -0.848. The van der Waals surface area contributed by atoms with Gasteiger partial charge in [0, 0.05) is 18.9 Å². The number of hydrogen-bond donors (Lipinski definition) is 1. The van der Waals surface area contributed by atoms with E-state index in [4.69, 9.17) is 0 Å². The first-order chi connectivity index (χ1) is 10.3. The molecule has 22 heavy (non-hydrogen) atoms. The fourth-order valence-corrected chi connectivity index (χ4v) is 1.92. The Bertz CT molecular complexity index is 736. The Balaban J connectivity index is 2.07. The average Bonchev–Trinajstić information content (AvgIpc) is 2.74. The van der Waals surface area contributed by atoms with Crippen LogP contribution >= 0.6 is 0 Å². The van der Waals surface area contributed by atoms with E-state index in [0.29, 0.717) is 11.3 Å². The number of aromatic nitrogens is 2. The molecule has 1 aliphatic heterocycles. The van der Waals surface area contributed by atoms with Gasteiger partial charge in [-0.1, -0.05) is 0 Å². The van der Waals surface area contributed by atoms with Crippen molar-refractivity contribution < 1.29 is 23.6 Å². The van der Waals surface area contributed by atoms with E-state index in [1.54, 1.807) is 4.98 Å². The molecule has 1 atom stereocenters. The molecule has 1 saturated heterocycles. The van der Waals surface area contributed by atoms with Gasteiger partial charge < -0.3 is 4.84 Å². The van der Waals surface area contributed by atoms with Crippen LogP contribution in [-0.2, 0) is 19.2 Å². The van der Waals surface area contributed by atoms with Crippen molar-refractivity contribution in [3.63, 3.8) is 0 Å². The van der Waals surface area contributed by atoms with Gasteiger partial charge >= 0.3 is 11.7 Å². The Morgan fingerprint density at radius 3 is 2.50 bits per heavy atom. The number of aromatic amines is 1. The van der Waals surface area contributed by atoms with Gasteiger partial charge in [0.2, 0.25) is 5.82 Å². The number of halogens is 1. The quantitative estimate of drug-likeness (QED) is 0.729. The predicted octanol–water partition coefficient (Wildman–Crippen LogP) is -0.766. The fourth-order valence-electron chi connectivity index (χ4n) is 1.92. The zero-order chi connectivity index (χ0) is 16.4. The maximum Gasteiger partial charge on any atom is 0.335 e. The molecule has 1 N–H and O–H groups in total. The van der Waals surface area contributed by atoms with Crippen LogP contribution in [0.4, 0.5) is 4.39 Å². The molecule has 1 fully saturated rings.